The number of aromatic nitrogens is 3. The number of carboxylic acids is 1. The van der Waals surface area contributed by atoms with Crippen LogP contribution in [0, 0.1) is 13.0 Å². The van der Waals surface area contributed by atoms with Gasteiger partial charge in [0, 0.05) is 37.8 Å². The summed E-state index contributed by atoms with van der Waals surface area (Å²) in [6.45, 7) is 1.75. The Kier molecular flexibility index (Phi) is 12.0. The van der Waals surface area contributed by atoms with Crippen molar-refractivity contribution in [2.24, 2.45) is 20.5 Å². The van der Waals surface area contributed by atoms with Crippen molar-refractivity contribution >= 4 is 106 Å². The Hall–Kier alpha value is -6.90. The van der Waals surface area contributed by atoms with E-state index < -0.39 is 42.1 Å². The van der Waals surface area contributed by atoms with Crippen molar-refractivity contribution in [2.75, 3.05) is 10.6 Å². The van der Waals surface area contributed by atoms with Gasteiger partial charge in [-0.05, 0) is 91.3 Å². The standard InChI is InChI=1S/C37H26FN9O11S3/c1-19-14-22(40-37-42-35(38)41-36(43-37)39-21-5-2-4-20(15-21)34(48)49)8-11-29(19)45-47-30-12-13-31(27-18-24(59-58-57-50)9-10-25(27)30)46-44-23-16-28-26(33(17-23)61(54,55)56)6-3-7-32(28)60(51,52)53/h2-18,50H,1H3,(H,48,49)(H,51,52,53)(H,54,55,56)(H2,39,40,41,42,43). The first-order valence-electron chi connectivity index (χ1n) is 17.0. The van der Waals surface area contributed by atoms with Crippen molar-refractivity contribution in [3.8, 4) is 0 Å². The molecule has 0 amide bonds. The number of nitrogens with one attached hydrogen (secondary N) is 2. The molecule has 0 aliphatic rings. The van der Waals surface area contributed by atoms with E-state index in [1.807, 2.05) is 0 Å². The van der Waals surface area contributed by atoms with Gasteiger partial charge in [-0.15, -0.1) is 14.6 Å². The number of hydrogen-bond acceptors (Lipinski definition) is 18. The number of carboxylic acid groups (broad SMARTS) is 1. The summed E-state index contributed by atoms with van der Waals surface area (Å²) in [6.07, 6.45) is -1.09. The Morgan fingerprint density at radius 3 is 1.98 bits per heavy atom. The number of rotatable bonds is 14. The van der Waals surface area contributed by atoms with E-state index in [4.69, 9.17) is 5.26 Å². The third kappa shape index (κ3) is 9.94. The third-order valence-electron chi connectivity index (χ3n) is 8.53. The van der Waals surface area contributed by atoms with Crippen LogP contribution in [-0.2, 0) is 29.6 Å². The first kappa shape index (κ1) is 42.2. The normalized spacial score (nSPS) is 12.1. The number of halogens is 1. The molecule has 6 N–H and O–H groups in total. The van der Waals surface area contributed by atoms with E-state index in [2.05, 4.69) is 55.4 Å². The molecule has 0 aliphatic carbocycles. The van der Waals surface area contributed by atoms with E-state index in [0.29, 0.717) is 56.0 Å². The van der Waals surface area contributed by atoms with Crippen LogP contribution in [0.2, 0.25) is 0 Å². The van der Waals surface area contributed by atoms with E-state index in [0.717, 1.165) is 12.1 Å². The molecular weight excluding hydrogens is 862 g/mol. The average molecular weight is 888 g/mol. The molecule has 0 atom stereocenters. The summed E-state index contributed by atoms with van der Waals surface area (Å²) in [7, 11) is -9.74. The molecule has 1 heterocycles. The molecular formula is C37H26FN9O11S3. The van der Waals surface area contributed by atoms with Crippen LogP contribution in [0.25, 0.3) is 21.5 Å². The summed E-state index contributed by atoms with van der Waals surface area (Å²) >= 11 is 0.656. The quantitative estimate of drug-likeness (QED) is 0.0195. The molecule has 61 heavy (non-hydrogen) atoms. The molecule has 0 unspecified atom stereocenters. The Morgan fingerprint density at radius 1 is 0.672 bits per heavy atom. The predicted octanol–water partition coefficient (Wildman–Crippen LogP) is 9.56. The van der Waals surface area contributed by atoms with E-state index in [1.54, 1.807) is 55.5 Å². The zero-order valence-electron chi connectivity index (χ0n) is 30.7. The zero-order valence-corrected chi connectivity index (χ0v) is 33.1. The minimum absolute atomic E-state index is 0.00679. The molecule has 310 valence electrons. The highest BCUT2D eigenvalue weighted by Crippen LogP contribution is 2.39. The van der Waals surface area contributed by atoms with Gasteiger partial charge in [-0.1, -0.05) is 29.3 Å². The number of nitrogens with zero attached hydrogens (tertiary/aromatic N) is 7. The highest BCUT2D eigenvalue weighted by molar-refractivity contribution is 7.94. The minimum Gasteiger partial charge on any atom is -0.478 e. The number of aromatic carboxylic acids is 1. The van der Waals surface area contributed by atoms with Gasteiger partial charge < -0.3 is 15.7 Å². The lowest BCUT2D eigenvalue weighted by Crippen LogP contribution is -2.06. The molecule has 0 bridgehead atoms. The fourth-order valence-corrected chi connectivity index (χ4v) is 7.72. The molecule has 20 nitrogen and oxygen atoms in total. The second kappa shape index (κ2) is 17.4. The van der Waals surface area contributed by atoms with Crippen LogP contribution in [0.15, 0.2) is 138 Å². The van der Waals surface area contributed by atoms with Crippen LogP contribution in [0.3, 0.4) is 0 Å². The van der Waals surface area contributed by atoms with Crippen molar-refractivity contribution in [1.82, 2.24) is 15.0 Å². The molecule has 6 aromatic carbocycles. The highest BCUT2D eigenvalue weighted by atomic mass is 32.2. The van der Waals surface area contributed by atoms with Crippen LogP contribution < -0.4 is 10.6 Å². The molecule has 0 fully saturated rings. The van der Waals surface area contributed by atoms with Crippen molar-refractivity contribution in [3.05, 3.63) is 120 Å². The van der Waals surface area contributed by atoms with Crippen molar-refractivity contribution in [2.45, 2.75) is 21.6 Å². The predicted molar refractivity (Wildman–Crippen MR) is 217 cm³/mol. The Labute approximate surface area is 347 Å². The first-order valence-corrected chi connectivity index (χ1v) is 20.6. The van der Waals surface area contributed by atoms with Gasteiger partial charge in [-0.25, -0.2) is 10.1 Å². The average Bonchev–Trinajstić information content (AvgIpc) is 3.20. The van der Waals surface area contributed by atoms with E-state index in [-0.39, 0.29) is 39.6 Å². The Bertz CT molecular complexity index is 3180. The summed E-state index contributed by atoms with van der Waals surface area (Å²) in [5.41, 5.74) is 2.24. The largest absolute Gasteiger partial charge is 0.478 e. The lowest BCUT2D eigenvalue weighted by atomic mass is 10.1. The minimum atomic E-state index is -4.91. The van der Waals surface area contributed by atoms with Gasteiger partial charge in [0.25, 0.3) is 20.2 Å². The van der Waals surface area contributed by atoms with Crippen LogP contribution in [-0.4, -0.2) is 57.2 Å². The number of anilines is 4. The fourth-order valence-electron chi connectivity index (χ4n) is 5.90. The second-order valence-electron chi connectivity index (χ2n) is 12.6. The molecule has 24 heteroatoms. The van der Waals surface area contributed by atoms with Crippen LogP contribution in [0.4, 0.5) is 50.4 Å². The monoisotopic (exact) mass is 887 g/mol. The highest BCUT2D eigenvalue weighted by Gasteiger charge is 2.21. The van der Waals surface area contributed by atoms with Gasteiger partial charge >= 0.3 is 12.0 Å². The Morgan fingerprint density at radius 2 is 1.31 bits per heavy atom. The third-order valence-corrected chi connectivity index (χ3v) is 10.9. The lowest BCUT2D eigenvalue weighted by molar-refractivity contribution is -0.432. The second-order valence-corrected chi connectivity index (χ2v) is 16.1. The van der Waals surface area contributed by atoms with E-state index in [1.165, 1.54) is 42.5 Å². The maximum absolute atomic E-state index is 14.4. The molecule has 0 saturated carbocycles. The Balaban J connectivity index is 1.18. The molecule has 0 radical (unpaired) electrons. The maximum Gasteiger partial charge on any atom is 0.335 e. The lowest BCUT2D eigenvalue weighted by Gasteiger charge is -2.10. The zero-order chi connectivity index (χ0) is 43.5. The maximum atomic E-state index is 14.4. The molecule has 7 rings (SSSR count). The summed E-state index contributed by atoms with van der Waals surface area (Å²) < 4.78 is 87.6. The SMILES string of the molecule is Cc1cc(Nc2nc(F)nc(Nc3cccc(C(=O)O)c3)n2)ccc1N=Nc1ccc(N=Nc2cc(S(=O)(=O)O)c3cccc(S(=O)(=O)O)c3c2)c2cc(SOOO)ccc12. The fraction of sp³-hybridized carbons (Fsp3) is 0.0270. The van der Waals surface area contributed by atoms with E-state index in [9.17, 15) is 40.2 Å². The molecule has 0 aliphatic heterocycles. The summed E-state index contributed by atoms with van der Waals surface area (Å²) in [5.74, 6) is -1.46. The number of carbonyl (C=O) groups is 1. The van der Waals surface area contributed by atoms with E-state index >= 15 is 0 Å². The number of hydrogen-bond donors (Lipinski definition) is 6. The van der Waals surface area contributed by atoms with Gasteiger partial charge in [-0.3, -0.25) is 9.11 Å². The summed E-state index contributed by atoms with van der Waals surface area (Å²) in [5, 5.41) is 45.1. The summed E-state index contributed by atoms with van der Waals surface area (Å²) in [4.78, 5) is 21.9. The van der Waals surface area contributed by atoms with Crippen molar-refractivity contribution < 1.29 is 54.9 Å². The van der Waals surface area contributed by atoms with Gasteiger partial charge in [0.05, 0.1) is 40.4 Å². The molecule has 0 saturated heterocycles. The smallest absolute Gasteiger partial charge is 0.335 e. The van der Waals surface area contributed by atoms with Crippen LogP contribution in [0.5, 0.6) is 0 Å². The number of aryl methyl sites for hydroxylation is 1. The summed E-state index contributed by atoms with van der Waals surface area (Å²) in [6, 6.07) is 24.4. The topological polar surface area (TPSA) is 297 Å². The van der Waals surface area contributed by atoms with Crippen molar-refractivity contribution in [3.63, 3.8) is 0 Å². The van der Waals surface area contributed by atoms with Gasteiger partial charge in [-0.2, -0.15) is 46.4 Å². The van der Waals surface area contributed by atoms with Crippen LogP contribution in [0.1, 0.15) is 15.9 Å². The first-order chi connectivity index (χ1) is 29.0. The van der Waals surface area contributed by atoms with Gasteiger partial charge in [0.1, 0.15) is 9.79 Å². The van der Waals surface area contributed by atoms with Crippen molar-refractivity contribution in [1.29, 1.82) is 0 Å². The molecule has 1 aromatic heterocycles. The number of fused-ring (bicyclic) bond motifs is 2. The molecule has 0 spiro atoms. The number of azo groups is 2. The van der Waals surface area contributed by atoms with Gasteiger partial charge in [0.15, 0.2) is 0 Å². The van der Waals surface area contributed by atoms with Crippen LogP contribution >= 0.6 is 12.0 Å². The number of benzene rings is 6. The van der Waals surface area contributed by atoms with Gasteiger partial charge in [0.2, 0.25) is 11.9 Å². The molecule has 7 aromatic rings.